The highest BCUT2D eigenvalue weighted by Gasteiger charge is 2.08. The summed E-state index contributed by atoms with van der Waals surface area (Å²) in [6.45, 7) is 0.373. The molecule has 6 N–H and O–H groups in total. The van der Waals surface area contributed by atoms with Gasteiger partial charge in [0.1, 0.15) is 0 Å². The molecular formula is C12H13N5O2. The van der Waals surface area contributed by atoms with Crippen LogP contribution in [0, 0.1) is 0 Å². The third kappa shape index (κ3) is 2.71. The fraction of sp³-hybridized carbons (Fsp3) is 0.0833. The average Bonchev–Trinajstić information content (AvgIpc) is 2.80. The third-order valence-corrected chi connectivity index (χ3v) is 2.68. The van der Waals surface area contributed by atoms with Crippen LogP contribution in [0.3, 0.4) is 0 Å². The van der Waals surface area contributed by atoms with Crippen molar-refractivity contribution in [2.24, 2.45) is 11.5 Å². The van der Waals surface area contributed by atoms with Gasteiger partial charge in [-0.15, -0.1) is 0 Å². The van der Waals surface area contributed by atoms with E-state index in [2.05, 4.69) is 5.10 Å². The Morgan fingerprint density at radius 1 is 1.16 bits per heavy atom. The van der Waals surface area contributed by atoms with E-state index in [4.69, 9.17) is 17.2 Å². The van der Waals surface area contributed by atoms with Crippen LogP contribution in [0.15, 0.2) is 30.6 Å². The van der Waals surface area contributed by atoms with Crippen molar-refractivity contribution in [2.75, 3.05) is 5.73 Å². The Morgan fingerprint density at radius 3 is 2.37 bits per heavy atom. The van der Waals surface area contributed by atoms with Crippen molar-refractivity contribution >= 4 is 17.5 Å². The first kappa shape index (κ1) is 12.6. The molecule has 0 saturated heterocycles. The van der Waals surface area contributed by atoms with Crippen molar-refractivity contribution in [1.29, 1.82) is 0 Å². The van der Waals surface area contributed by atoms with Gasteiger partial charge in [0.05, 0.1) is 18.3 Å². The standard InChI is InChI=1S/C12H13N5O2/c13-10-3-7(11(14)18)1-2-8(10)5-17-6-9(4-16-17)12(15)19/h1-4,6H,5,13H2,(H2,14,18)(H2,15,19). The molecule has 19 heavy (non-hydrogen) atoms. The average molecular weight is 259 g/mol. The fourth-order valence-electron chi connectivity index (χ4n) is 1.64. The molecular weight excluding hydrogens is 246 g/mol. The van der Waals surface area contributed by atoms with E-state index in [1.807, 2.05) is 0 Å². The van der Waals surface area contributed by atoms with Gasteiger partial charge in [0.15, 0.2) is 0 Å². The third-order valence-electron chi connectivity index (χ3n) is 2.68. The lowest BCUT2D eigenvalue weighted by atomic mass is 10.1. The van der Waals surface area contributed by atoms with Crippen LogP contribution in [0.2, 0.25) is 0 Å². The Morgan fingerprint density at radius 2 is 1.84 bits per heavy atom. The second kappa shape index (κ2) is 4.81. The maximum absolute atomic E-state index is 11.0. The number of aromatic nitrogens is 2. The van der Waals surface area contributed by atoms with E-state index >= 15 is 0 Å². The molecule has 0 fully saturated rings. The van der Waals surface area contributed by atoms with Crippen LogP contribution in [0.4, 0.5) is 5.69 Å². The van der Waals surface area contributed by atoms with Crippen LogP contribution < -0.4 is 17.2 Å². The van der Waals surface area contributed by atoms with Crippen LogP contribution in [0.25, 0.3) is 0 Å². The Balaban J connectivity index is 2.23. The number of carbonyl (C=O) groups is 2. The molecule has 0 atom stereocenters. The number of nitrogen functional groups attached to an aromatic ring is 1. The monoisotopic (exact) mass is 259 g/mol. The summed E-state index contributed by atoms with van der Waals surface area (Å²) in [6, 6.07) is 4.80. The number of amides is 2. The summed E-state index contributed by atoms with van der Waals surface area (Å²) in [6.07, 6.45) is 2.92. The van der Waals surface area contributed by atoms with Gasteiger partial charge in [-0.2, -0.15) is 5.10 Å². The summed E-state index contributed by atoms with van der Waals surface area (Å²) in [5.74, 6) is -1.07. The molecule has 2 rings (SSSR count). The maximum atomic E-state index is 11.0. The number of anilines is 1. The van der Waals surface area contributed by atoms with Gasteiger partial charge in [-0.05, 0) is 17.7 Å². The molecule has 0 aliphatic heterocycles. The highest BCUT2D eigenvalue weighted by atomic mass is 16.1. The van der Waals surface area contributed by atoms with E-state index in [9.17, 15) is 9.59 Å². The number of carbonyl (C=O) groups excluding carboxylic acids is 2. The lowest BCUT2D eigenvalue weighted by Crippen LogP contribution is -2.12. The second-order valence-electron chi connectivity index (χ2n) is 4.07. The zero-order valence-electron chi connectivity index (χ0n) is 10.0. The SMILES string of the molecule is NC(=O)c1ccc(Cn2cc(C(N)=O)cn2)c(N)c1. The van der Waals surface area contributed by atoms with Gasteiger partial charge in [0.2, 0.25) is 5.91 Å². The Hall–Kier alpha value is -2.83. The summed E-state index contributed by atoms with van der Waals surface area (Å²) in [4.78, 5) is 21.9. The first-order valence-corrected chi connectivity index (χ1v) is 5.48. The van der Waals surface area contributed by atoms with Gasteiger partial charge in [-0.3, -0.25) is 14.3 Å². The van der Waals surface area contributed by atoms with Crippen LogP contribution in [0.1, 0.15) is 26.3 Å². The smallest absolute Gasteiger partial charge is 0.251 e. The molecule has 7 heteroatoms. The van der Waals surface area contributed by atoms with E-state index in [-0.39, 0.29) is 0 Å². The van der Waals surface area contributed by atoms with Gasteiger partial charge >= 0.3 is 0 Å². The molecule has 0 aliphatic carbocycles. The molecule has 2 aromatic rings. The van der Waals surface area contributed by atoms with Crippen molar-refractivity contribution in [3.05, 3.63) is 47.3 Å². The second-order valence-corrected chi connectivity index (χ2v) is 4.07. The van der Waals surface area contributed by atoms with Gasteiger partial charge in [-0.1, -0.05) is 6.07 Å². The van der Waals surface area contributed by atoms with E-state index in [1.54, 1.807) is 12.1 Å². The number of rotatable bonds is 4. The Kier molecular flexibility index (Phi) is 3.19. The predicted molar refractivity (Wildman–Crippen MR) is 69.2 cm³/mol. The van der Waals surface area contributed by atoms with E-state index < -0.39 is 11.8 Å². The lowest BCUT2D eigenvalue weighted by Gasteiger charge is -2.07. The highest BCUT2D eigenvalue weighted by molar-refractivity contribution is 5.94. The van der Waals surface area contributed by atoms with E-state index in [1.165, 1.54) is 23.1 Å². The number of benzene rings is 1. The maximum Gasteiger partial charge on any atom is 0.251 e. The lowest BCUT2D eigenvalue weighted by molar-refractivity contribution is 0.0991. The Bertz CT molecular complexity index is 647. The van der Waals surface area contributed by atoms with Gasteiger partial charge in [-0.25, -0.2) is 0 Å². The quantitative estimate of drug-likeness (QED) is 0.651. The first-order valence-electron chi connectivity index (χ1n) is 5.48. The molecule has 1 heterocycles. The molecule has 7 nitrogen and oxygen atoms in total. The minimum atomic E-state index is -0.539. The summed E-state index contributed by atoms with van der Waals surface area (Å²) in [5.41, 5.74) is 18.0. The molecule has 98 valence electrons. The van der Waals surface area contributed by atoms with Gasteiger partial charge in [0, 0.05) is 17.4 Å². The summed E-state index contributed by atoms with van der Waals surface area (Å²) in [5, 5.41) is 4.00. The fourth-order valence-corrected chi connectivity index (χ4v) is 1.64. The van der Waals surface area contributed by atoms with Crippen molar-refractivity contribution in [3.8, 4) is 0 Å². The van der Waals surface area contributed by atoms with Crippen LogP contribution in [-0.2, 0) is 6.54 Å². The van der Waals surface area contributed by atoms with Gasteiger partial charge < -0.3 is 17.2 Å². The molecule has 0 aliphatic rings. The normalized spacial score (nSPS) is 10.3. The van der Waals surface area contributed by atoms with Crippen LogP contribution in [-0.4, -0.2) is 21.6 Å². The summed E-state index contributed by atoms with van der Waals surface area (Å²) in [7, 11) is 0. The number of hydrogen-bond acceptors (Lipinski definition) is 4. The molecule has 0 unspecified atom stereocenters. The Labute approximate surface area is 109 Å². The van der Waals surface area contributed by atoms with E-state index in [0.29, 0.717) is 23.4 Å². The molecule has 2 amide bonds. The van der Waals surface area contributed by atoms with Crippen molar-refractivity contribution < 1.29 is 9.59 Å². The highest BCUT2D eigenvalue weighted by Crippen LogP contribution is 2.15. The number of primary amides is 2. The first-order chi connectivity index (χ1) is 8.97. The van der Waals surface area contributed by atoms with Crippen molar-refractivity contribution in [1.82, 2.24) is 9.78 Å². The van der Waals surface area contributed by atoms with Crippen LogP contribution >= 0.6 is 0 Å². The van der Waals surface area contributed by atoms with Crippen molar-refractivity contribution in [2.45, 2.75) is 6.54 Å². The topological polar surface area (TPSA) is 130 Å². The number of nitrogens with zero attached hydrogens (tertiary/aromatic N) is 2. The van der Waals surface area contributed by atoms with Gasteiger partial charge in [0.25, 0.3) is 5.91 Å². The minimum absolute atomic E-state index is 0.326. The largest absolute Gasteiger partial charge is 0.398 e. The molecule has 0 spiro atoms. The van der Waals surface area contributed by atoms with Crippen LogP contribution in [0.5, 0.6) is 0 Å². The van der Waals surface area contributed by atoms with E-state index in [0.717, 1.165) is 5.56 Å². The molecule has 1 aromatic carbocycles. The minimum Gasteiger partial charge on any atom is -0.398 e. The molecule has 1 aromatic heterocycles. The zero-order chi connectivity index (χ0) is 14.0. The summed E-state index contributed by atoms with van der Waals surface area (Å²) < 4.78 is 1.54. The number of nitrogens with two attached hydrogens (primary N) is 3. The summed E-state index contributed by atoms with van der Waals surface area (Å²) >= 11 is 0. The van der Waals surface area contributed by atoms with Crippen molar-refractivity contribution in [3.63, 3.8) is 0 Å². The number of hydrogen-bond donors (Lipinski definition) is 3. The predicted octanol–water partition coefficient (Wildman–Crippen LogP) is -0.289. The molecule has 0 bridgehead atoms. The molecule has 0 saturated carbocycles. The molecule has 0 radical (unpaired) electrons. The zero-order valence-corrected chi connectivity index (χ0v) is 10.0.